The van der Waals surface area contributed by atoms with E-state index in [1.165, 1.54) is 10.5 Å². The Hall–Kier alpha value is -5.23. The number of fused-ring (bicyclic) bond motifs is 2. The zero-order valence-corrected chi connectivity index (χ0v) is 46.4. The van der Waals surface area contributed by atoms with Crippen LogP contribution in [0.3, 0.4) is 0 Å². The molecule has 4 fully saturated rings. The Morgan fingerprint density at radius 1 is 0.597 bits per heavy atom. The third-order valence-corrected chi connectivity index (χ3v) is 17.8. The summed E-state index contributed by atoms with van der Waals surface area (Å²) >= 11 is 0. The molecule has 17 nitrogen and oxygen atoms in total. The van der Waals surface area contributed by atoms with Crippen molar-refractivity contribution in [1.29, 1.82) is 0 Å². The third-order valence-electron chi connectivity index (χ3n) is 17.8. The first-order valence-electron chi connectivity index (χ1n) is 29.4. The molecule has 0 bridgehead atoms. The molecule has 10 atom stereocenters. The number of unbranched alkanes of at least 4 members (excludes halogenated alkanes) is 2. The van der Waals surface area contributed by atoms with Crippen LogP contribution in [-0.4, -0.2) is 138 Å². The number of likely N-dealkylation sites (N-methyl/N-ethyl adjacent to an activating group) is 2. The lowest BCUT2D eigenvalue weighted by molar-refractivity contribution is -0.143. The van der Waals surface area contributed by atoms with E-state index in [1.54, 1.807) is 32.8 Å². The van der Waals surface area contributed by atoms with Gasteiger partial charge in [-0.15, -0.1) is 0 Å². The summed E-state index contributed by atoms with van der Waals surface area (Å²) < 4.78 is 12.9. The minimum absolute atomic E-state index is 0.0245. The van der Waals surface area contributed by atoms with Gasteiger partial charge in [-0.3, -0.25) is 24.0 Å². The topological polar surface area (TPSA) is 223 Å². The van der Waals surface area contributed by atoms with Gasteiger partial charge in [-0.25, -0.2) is 0 Å². The first-order chi connectivity index (χ1) is 37.3. The van der Waals surface area contributed by atoms with E-state index in [-0.39, 0.29) is 73.0 Å². The van der Waals surface area contributed by atoms with Crippen LogP contribution in [0.2, 0.25) is 0 Å². The van der Waals surface area contributed by atoms with Crippen LogP contribution in [0, 0.1) is 11.8 Å². The summed E-state index contributed by atoms with van der Waals surface area (Å²) in [6.45, 7) is 9.37. The molecule has 8 N–H and O–H groups in total. The number of hydrogen-bond donors (Lipinski definition) is 8. The molecule has 6 aliphatic rings. The van der Waals surface area contributed by atoms with Crippen molar-refractivity contribution in [3.8, 4) is 11.5 Å². The van der Waals surface area contributed by atoms with Crippen molar-refractivity contribution >= 4 is 29.5 Å². The Morgan fingerprint density at radius 2 is 1.04 bits per heavy atom. The van der Waals surface area contributed by atoms with E-state index in [4.69, 9.17) is 9.47 Å². The molecule has 0 spiro atoms. The highest BCUT2D eigenvalue weighted by molar-refractivity contribution is 5.94. The summed E-state index contributed by atoms with van der Waals surface area (Å²) in [6.07, 6.45) is 16.5. The van der Waals surface area contributed by atoms with Crippen LogP contribution < -0.4 is 41.4 Å². The fourth-order valence-corrected chi connectivity index (χ4v) is 13.1. The van der Waals surface area contributed by atoms with Crippen LogP contribution in [0.5, 0.6) is 11.5 Å². The lowest BCUT2D eigenvalue weighted by atomic mass is 9.83. The van der Waals surface area contributed by atoms with Crippen LogP contribution in [0.4, 0.5) is 0 Å². The number of ether oxygens (including phenoxy) is 2. The van der Waals surface area contributed by atoms with Gasteiger partial charge in [-0.05, 0) is 158 Å². The second kappa shape index (κ2) is 27.6. The first kappa shape index (κ1) is 57.9. The van der Waals surface area contributed by atoms with Crippen LogP contribution >= 0.6 is 0 Å². The van der Waals surface area contributed by atoms with Gasteiger partial charge in [0.2, 0.25) is 29.5 Å². The van der Waals surface area contributed by atoms with Crippen LogP contribution in [0.1, 0.15) is 170 Å². The molecule has 8 rings (SSSR count). The third kappa shape index (κ3) is 14.3. The summed E-state index contributed by atoms with van der Waals surface area (Å²) in [4.78, 5) is 72.4. The highest BCUT2D eigenvalue weighted by Gasteiger charge is 2.46. The second-order valence-corrected chi connectivity index (χ2v) is 23.1. The Balaban J connectivity index is 0.814. The van der Waals surface area contributed by atoms with Crippen molar-refractivity contribution in [2.45, 2.75) is 209 Å². The monoisotopic (exact) mass is 1070 g/mol. The lowest BCUT2D eigenvalue weighted by Gasteiger charge is -2.37. The van der Waals surface area contributed by atoms with Gasteiger partial charge in [0.05, 0.1) is 55.6 Å². The number of likely N-dealkylation sites (tertiary alicyclic amines) is 2. The molecular weight excluding hydrogens is 977 g/mol. The molecule has 17 heteroatoms. The summed E-state index contributed by atoms with van der Waals surface area (Å²) in [7, 11) is 3.44. The summed E-state index contributed by atoms with van der Waals surface area (Å²) in [5, 5.41) is 40.8. The maximum Gasteiger partial charge on any atom is 0.246 e. The summed E-state index contributed by atoms with van der Waals surface area (Å²) in [5.74, 6) is 0.551. The fraction of sp³-hybridized carbons (Fsp3) is 0.683. The average molecular weight is 1070 g/mol. The number of rotatable bonds is 23. The van der Waals surface area contributed by atoms with E-state index in [0.717, 1.165) is 150 Å². The van der Waals surface area contributed by atoms with Gasteiger partial charge in [0.15, 0.2) is 0 Å². The van der Waals surface area contributed by atoms with Crippen molar-refractivity contribution in [1.82, 2.24) is 41.7 Å². The van der Waals surface area contributed by atoms with Crippen molar-refractivity contribution in [3.63, 3.8) is 0 Å². The second-order valence-electron chi connectivity index (χ2n) is 23.1. The Bertz CT molecular complexity index is 2200. The van der Waals surface area contributed by atoms with Gasteiger partial charge in [-0.1, -0.05) is 69.4 Å². The smallest absolute Gasteiger partial charge is 0.246 e. The van der Waals surface area contributed by atoms with Gasteiger partial charge in [0.1, 0.15) is 29.6 Å². The van der Waals surface area contributed by atoms with E-state index < -0.39 is 48.5 Å². The largest absolute Gasteiger partial charge is 0.493 e. The molecule has 77 heavy (non-hydrogen) atoms. The minimum atomic E-state index is -0.840. The molecule has 0 aromatic heterocycles. The number of aliphatic hydroxyl groups excluding tert-OH is 2. The summed E-state index contributed by atoms with van der Waals surface area (Å²) in [5.41, 5.74) is 5.15. The van der Waals surface area contributed by atoms with Crippen molar-refractivity contribution in [3.05, 3.63) is 70.9 Å². The Morgan fingerprint density at radius 3 is 1.51 bits per heavy atom. The Kier molecular flexibility index (Phi) is 20.7. The number of carbonyl (C=O) groups is 5. The molecule has 2 heterocycles. The number of amides is 5. The number of carbonyl (C=O) groups excluding carboxylic acids is 5. The van der Waals surface area contributed by atoms with E-state index >= 15 is 0 Å². The Labute approximate surface area is 457 Å². The number of aliphatic hydroxyl groups is 2. The number of hydrogen-bond acceptors (Lipinski definition) is 12. The lowest BCUT2D eigenvalue weighted by Crippen LogP contribution is -2.58. The van der Waals surface area contributed by atoms with Crippen molar-refractivity contribution < 1.29 is 43.7 Å². The average Bonchev–Trinajstić information content (AvgIpc) is 4.05. The predicted octanol–water partition coefficient (Wildman–Crippen LogP) is 5.56. The van der Waals surface area contributed by atoms with Crippen molar-refractivity contribution in [2.24, 2.45) is 11.8 Å². The molecule has 2 saturated carbocycles. The van der Waals surface area contributed by atoms with E-state index in [2.05, 4.69) is 44.5 Å². The maximum atomic E-state index is 14.4. The first-order valence-corrected chi connectivity index (χ1v) is 29.4. The van der Waals surface area contributed by atoms with Crippen molar-refractivity contribution in [2.75, 3.05) is 40.4 Å². The highest BCUT2D eigenvalue weighted by atomic mass is 16.5. The normalized spacial score (nSPS) is 25.3. The van der Waals surface area contributed by atoms with Crippen LogP contribution in [0.25, 0.3) is 0 Å². The standard InChI is InChI=1S/C60H90N8O9/c1-37(50-33-42(69)35-67(50)59(74)54(40-19-9-6-10-20-40)65-56(71)38(2)61-4)63-48-27-15-25-46-44(48)23-17-29-52(46)76-31-13-8-14-32-77-53-30-18-24-45-47(53)26-16-28-49(45)64-58(73)51-34-43(70)36-68(51)60(75)55(41-21-11-7-12-22-41)66-57(72)39(3)62-5/h17-18,23-24,29-30,38-43,48-51,54-55,61-63,69-70H,1,6-16,19-22,25-28,31-36H2,2-5H3,(H,64,73)(H,65,71)(H,66,72)/t38-,39-,42-,43-,48+,49+,50-,51?,54-,55-/m0/s1. The number of β-amino-alcohol motifs (C(OH)–C–C–N with tert-alkyl or cyclic N) is 2. The molecule has 424 valence electrons. The van der Waals surface area contributed by atoms with E-state index in [9.17, 15) is 34.2 Å². The number of benzene rings is 2. The predicted molar refractivity (Wildman–Crippen MR) is 296 cm³/mol. The number of nitrogens with one attached hydrogen (secondary N) is 6. The van der Waals surface area contributed by atoms with Gasteiger partial charge in [0.25, 0.3) is 0 Å². The fourth-order valence-electron chi connectivity index (χ4n) is 13.1. The minimum Gasteiger partial charge on any atom is -0.493 e. The van der Waals surface area contributed by atoms with E-state index in [1.807, 2.05) is 30.3 Å². The molecular formula is C60H90N8O9. The molecule has 1 unspecified atom stereocenters. The zero-order chi connectivity index (χ0) is 54.6. The molecule has 2 aliphatic heterocycles. The summed E-state index contributed by atoms with van der Waals surface area (Å²) in [6, 6.07) is 8.40. The molecule has 2 aromatic rings. The van der Waals surface area contributed by atoms with Gasteiger partial charge in [0, 0.05) is 31.6 Å². The SMILES string of the molecule is C=C(N[C@@H]1CCCc2c(OCCCCCOc3cccc4c3CCC[C@H]4NC(=O)C3C[C@H](O)CN3C(=O)[C@@H](NC(=O)[C@H](C)NC)C3CCCCC3)cccc21)[C@@H]1C[C@H](O)CN1C(=O)[C@@H](NC(=O)[C@H](C)NC)C1CCCCC1. The van der Waals surface area contributed by atoms with Gasteiger partial charge >= 0.3 is 0 Å². The molecule has 2 saturated heterocycles. The highest BCUT2D eigenvalue weighted by Crippen LogP contribution is 2.39. The zero-order valence-electron chi connectivity index (χ0n) is 46.4. The maximum absolute atomic E-state index is 14.4. The molecule has 4 aliphatic carbocycles. The molecule has 5 amide bonds. The van der Waals surface area contributed by atoms with E-state index in [0.29, 0.717) is 25.3 Å². The van der Waals surface area contributed by atoms with Gasteiger partial charge in [-0.2, -0.15) is 0 Å². The van der Waals surface area contributed by atoms with Gasteiger partial charge < -0.3 is 61.4 Å². The number of nitrogens with zero attached hydrogens (tertiary/aromatic N) is 2. The molecule has 0 radical (unpaired) electrons. The van der Waals surface area contributed by atoms with Crippen LogP contribution in [0.15, 0.2) is 48.7 Å². The van der Waals surface area contributed by atoms with Crippen LogP contribution in [-0.2, 0) is 36.8 Å². The molecule has 2 aromatic carbocycles. The quantitative estimate of drug-likeness (QED) is 0.0642.